The van der Waals surface area contributed by atoms with Crippen molar-refractivity contribution in [1.82, 2.24) is 68.5 Å². The normalized spacial score (nSPS) is 15.7. The van der Waals surface area contributed by atoms with Gasteiger partial charge in [-0.3, -0.25) is 62.5 Å². The number of primary amides is 1. The van der Waals surface area contributed by atoms with Gasteiger partial charge >= 0.3 is 5.97 Å². The number of hydrogen-bond acceptors (Lipinski definition) is 20. The van der Waals surface area contributed by atoms with Crippen LogP contribution < -0.4 is 92.9 Å². The number of aliphatic hydroxyl groups is 2. The fourth-order valence-corrected chi connectivity index (χ4v) is 10.8. The number of imidazole rings is 1. The number of H-pyrrole nitrogens is 1. The number of aliphatic hydroxyl groups excluding tert-OH is 2. The summed E-state index contributed by atoms with van der Waals surface area (Å²) in [5.74, 6) is -14.4. The average molecular weight is 1470 g/mol. The Balaban J connectivity index is 2.60. The molecule has 0 saturated carbocycles. The lowest BCUT2D eigenvalue weighted by atomic mass is 9.96. The predicted molar refractivity (Wildman–Crippen MR) is 385 cm³/mol. The van der Waals surface area contributed by atoms with E-state index >= 15 is 0 Å². The molecule has 0 aliphatic heterocycles. The summed E-state index contributed by atoms with van der Waals surface area (Å²) in [6, 6.07) is -8.86. The van der Waals surface area contributed by atoms with Gasteiger partial charge in [-0.05, 0) is 120 Å². The summed E-state index contributed by atoms with van der Waals surface area (Å²) < 4.78 is 0. The number of carboxylic acids is 1. The Kier molecular flexibility index (Phi) is 41.0. The second-order valence-corrected chi connectivity index (χ2v) is 27.3. The molecule has 2 rings (SSSR count). The Morgan fingerprint density at radius 1 is 0.481 bits per heavy atom. The van der Waals surface area contributed by atoms with Crippen LogP contribution in [0.3, 0.4) is 0 Å². The van der Waals surface area contributed by atoms with E-state index in [4.69, 9.17) is 34.4 Å². The topological polar surface area (TPSA) is 612 Å². The Morgan fingerprint density at radius 2 is 0.885 bits per heavy atom. The van der Waals surface area contributed by atoms with Crippen LogP contribution in [-0.2, 0) is 75.2 Å². The van der Waals surface area contributed by atoms with E-state index in [1.54, 1.807) is 85.7 Å². The van der Waals surface area contributed by atoms with E-state index < -0.39 is 180 Å². The van der Waals surface area contributed by atoms with Crippen LogP contribution in [0.4, 0.5) is 0 Å². The zero-order valence-electron chi connectivity index (χ0n) is 61.5. The summed E-state index contributed by atoms with van der Waals surface area (Å²) >= 11 is 0. The van der Waals surface area contributed by atoms with Gasteiger partial charge in [-0.15, -0.1) is 0 Å². The third-order valence-electron chi connectivity index (χ3n) is 16.9. The third-order valence-corrected chi connectivity index (χ3v) is 16.9. The molecule has 0 saturated heterocycles. The molecule has 1 heterocycles. The molecule has 104 heavy (non-hydrogen) atoms. The Bertz CT molecular complexity index is 3120. The number of nitrogens with one attached hydrogen (secondary N) is 12. The highest BCUT2D eigenvalue weighted by atomic mass is 16.4. The minimum absolute atomic E-state index is 0.00391. The summed E-state index contributed by atoms with van der Waals surface area (Å²) in [7, 11) is 0. The number of rotatable bonds is 50. The van der Waals surface area contributed by atoms with E-state index in [1.165, 1.54) is 26.4 Å². The number of hydrogen-bond donors (Lipinski definition) is 21. The van der Waals surface area contributed by atoms with Crippen molar-refractivity contribution in [2.24, 2.45) is 63.1 Å². The summed E-state index contributed by atoms with van der Waals surface area (Å²) in [6.07, 6.45) is 0.412. The van der Waals surface area contributed by atoms with Crippen molar-refractivity contribution in [2.75, 3.05) is 19.6 Å². The van der Waals surface area contributed by atoms with Crippen molar-refractivity contribution in [2.45, 2.75) is 244 Å². The van der Waals surface area contributed by atoms with Crippen molar-refractivity contribution in [3.05, 3.63) is 54.1 Å². The molecule has 584 valence electrons. The monoisotopic (exact) mass is 1470 g/mol. The molecular weight excluding hydrogens is 1350 g/mol. The van der Waals surface area contributed by atoms with Crippen molar-refractivity contribution in [3.63, 3.8) is 0 Å². The highest BCUT2D eigenvalue weighted by Crippen LogP contribution is 2.17. The number of nitrogens with two attached hydrogens (primary N) is 6. The Morgan fingerprint density at radius 3 is 1.31 bits per heavy atom. The minimum atomic E-state index is -1.74. The standard InChI is InChI=1S/C68H116N20O16/c1-11-38(8)54(87-58(94)45(24-19-27-76-68(73)74)78-59(95)46(28-35(2)3)82-61(97)50(32-51(71)91)85-64(100)52(72)39(9)89)66(102)80-44(23-16-18-26-70)57(93)83-48(30-41-20-13-12-14-21-41)62(98)86-53(37(6)7)65(101)79-43(22-15-17-25-69)56(92)81-47(29-36(4)5)60(96)84-49(31-42-33-75-34-77-42)63(99)88-55(40(10)90)67(103)104/h12-14,20-21,33-40,43-50,52-55,89-90H,11,15-19,22-32,69-70,72H2,1-10H3,(H2,71,91)(H,75,77)(H,78,95)(H,79,101)(H,80,102)(H,81,92)(H,82,97)(H,83,93)(H,84,96)(H,85,100)(H,86,98)(H,87,94)(H,88,99)(H,103,104)(H4,73,74,76)/t38-,39+,40+,43-,44-,45-,46-,47-,48-,49-,50-,52-,53-,54-,55-/m0/s1. The maximum atomic E-state index is 14.9. The number of aromatic amines is 1. The molecule has 27 N–H and O–H groups in total. The van der Waals surface area contributed by atoms with E-state index in [-0.39, 0.29) is 102 Å². The SMILES string of the molecule is CC[C@H](C)[C@H](NC(=O)[C@H](CCCN=C(N)N)NC(=O)[C@H](CC(C)C)NC(=O)[C@H](CC(N)=O)NC(=O)[C@@H](N)[C@@H](C)O)C(=O)N[C@@H](CCCCN)C(=O)N[C@@H](Cc1ccccc1)C(=O)N[C@H](C(=O)N[C@@H](CCCCN)C(=O)N[C@@H](CC(C)C)C(=O)N[C@@H](Cc1cnc[nH]1)C(=O)N[C@H](C(=O)O)[C@@H](C)O)C(C)C. The maximum Gasteiger partial charge on any atom is 0.328 e. The first kappa shape index (κ1) is 90.7. The Hall–Kier alpha value is -9.39. The van der Waals surface area contributed by atoms with Crippen LogP contribution in [0.1, 0.15) is 158 Å². The van der Waals surface area contributed by atoms with Gasteiger partial charge in [-0.25, -0.2) is 9.78 Å². The third kappa shape index (κ3) is 33.4. The molecule has 36 heteroatoms. The number of benzene rings is 1. The number of carbonyl (C=O) groups excluding carboxylic acids is 12. The number of carbonyl (C=O) groups is 13. The number of aliphatic carboxylic acids is 1. The highest BCUT2D eigenvalue weighted by molar-refractivity contribution is 6.00. The molecule has 0 spiro atoms. The largest absolute Gasteiger partial charge is 0.480 e. The van der Waals surface area contributed by atoms with Gasteiger partial charge < -0.3 is 113 Å². The summed E-state index contributed by atoms with van der Waals surface area (Å²) in [5.41, 5.74) is 35.0. The molecule has 0 bridgehead atoms. The van der Waals surface area contributed by atoms with Crippen molar-refractivity contribution < 1.29 is 77.6 Å². The smallest absolute Gasteiger partial charge is 0.328 e. The molecule has 36 nitrogen and oxygen atoms in total. The predicted octanol–water partition coefficient (Wildman–Crippen LogP) is -4.32. The van der Waals surface area contributed by atoms with E-state index in [1.807, 2.05) is 0 Å². The molecule has 15 atom stereocenters. The van der Waals surface area contributed by atoms with Gasteiger partial charge in [-0.1, -0.05) is 92.1 Å². The number of aliphatic imine (C=N–C) groups is 1. The molecule has 0 fully saturated rings. The van der Waals surface area contributed by atoms with E-state index in [0.29, 0.717) is 30.5 Å². The zero-order valence-corrected chi connectivity index (χ0v) is 61.5. The van der Waals surface area contributed by atoms with Gasteiger partial charge in [0.1, 0.15) is 66.5 Å². The fraction of sp³-hybridized carbons (Fsp3) is 0.662. The van der Waals surface area contributed by atoms with Gasteiger partial charge in [-0.2, -0.15) is 0 Å². The molecule has 0 radical (unpaired) electrons. The molecule has 2 aromatic rings. The summed E-state index contributed by atoms with van der Waals surface area (Å²) in [6.45, 7) is 16.5. The van der Waals surface area contributed by atoms with Gasteiger partial charge in [0, 0.05) is 31.3 Å². The number of amides is 12. The molecule has 0 aliphatic carbocycles. The zero-order chi connectivity index (χ0) is 78.5. The molecular formula is C68H116N20O16. The van der Waals surface area contributed by atoms with E-state index in [0.717, 1.165) is 0 Å². The number of unbranched alkanes of at least 4 members (excludes halogenated alkanes) is 2. The lowest BCUT2D eigenvalue weighted by molar-refractivity contribution is -0.145. The molecule has 1 aromatic carbocycles. The minimum Gasteiger partial charge on any atom is -0.480 e. The summed E-state index contributed by atoms with van der Waals surface area (Å²) in [5, 5.41) is 58.6. The van der Waals surface area contributed by atoms with Crippen LogP contribution >= 0.6 is 0 Å². The van der Waals surface area contributed by atoms with Crippen LogP contribution in [0.15, 0.2) is 47.8 Å². The fourth-order valence-electron chi connectivity index (χ4n) is 10.8. The van der Waals surface area contributed by atoms with E-state index in [2.05, 4.69) is 73.4 Å². The number of aromatic nitrogens is 2. The Labute approximate surface area is 607 Å². The number of carboxylic acid groups (broad SMARTS) is 1. The van der Waals surface area contributed by atoms with Crippen molar-refractivity contribution >= 4 is 82.8 Å². The van der Waals surface area contributed by atoms with Gasteiger partial charge in [0.15, 0.2) is 12.0 Å². The van der Waals surface area contributed by atoms with Crippen LogP contribution in [-0.4, -0.2) is 212 Å². The number of guanidine groups is 1. The second kappa shape index (κ2) is 47.1. The maximum absolute atomic E-state index is 14.9. The van der Waals surface area contributed by atoms with Crippen LogP contribution in [0.25, 0.3) is 0 Å². The molecule has 12 amide bonds. The van der Waals surface area contributed by atoms with Gasteiger partial charge in [0.2, 0.25) is 70.9 Å². The van der Waals surface area contributed by atoms with Crippen molar-refractivity contribution in [3.8, 4) is 0 Å². The van der Waals surface area contributed by atoms with Crippen LogP contribution in [0.2, 0.25) is 0 Å². The van der Waals surface area contributed by atoms with Gasteiger partial charge in [0.25, 0.3) is 0 Å². The van der Waals surface area contributed by atoms with Crippen LogP contribution in [0, 0.1) is 23.7 Å². The highest BCUT2D eigenvalue weighted by Gasteiger charge is 2.39. The first-order chi connectivity index (χ1) is 48.9. The molecule has 1 aromatic heterocycles. The lowest BCUT2D eigenvalue weighted by Gasteiger charge is -2.30. The quantitative estimate of drug-likeness (QED) is 0.0169. The van der Waals surface area contributed by atoms with E-state index in [9.17, 15) is 77.6 Å². The summed E-state index contributed by atoms with van der Waals surface area (Å²) in [4.78, 5) is 192. The molecule has 0 unspecified atom stereocenters. The van der Waals surface area contributed by atoms with Crippen LogP contribution in [0.5, 0.6) is 0 Å². The molecule has 0 aliphatic rings. The van der Waals surface area contributed by atoms with Gasteiger partial charge in [0.05, 0.1) is 25.0 Å². The number of nitrogens with zero attached hydrogens (tertiary/aromatic N) is 2. The first-order valence-electron chi connectivity index (χ1n) is 35.4. The first-order valence-corrected chi connectivity index (χ1v) is 35.4. The van der Waals surface area contributed by atoms with Crippen molar-refractivity contribution in [1.29, 1.82) is 0 Å². The second-order valence-electron chi connectivity index (χ2n) is 27.3. The lowest BCUT2D eigenvalue weighted by Crippen LogP contribution is -2.62. The average Bonchev–Trinajstić information content (AvgIpc) is 1.54.